The van der Waals surface area contributed by atoms with E-state index in [1.165, 1.54) is 39.0 Å². The molecule has 2 aliphatic rings. The Balaban J connectivity index is 0.000000591. The molecule has 1 heterocycles. The minimum Gasteiger partial charge on any atom is -0.493 e. The number of carboxylic acid groups (broad SMARTS) is 1. The summed E-state index contributed by atoms with van der Waals surface area (Å²) in [6.45, 7) is 11.4. The van der Waals surface area contributed by atoms with Gasteiger partial charge in [0.2, 0.25) is 0 Å². The Labute approximate surface area is 262 Å². The van der Waals surface area contributed by atoms with E-state index in [1.54, 1.807) is 0 Å². The molecule has 1 saturated carbocycles. The number of alkyl halides is 3. The lowest BCUT2D eigenvalue weighted by Crippen LogP contribution is -2.39. The van der Waals surface area contributed by atoms with Gasteiger partial charge in [-0.05, 0) is 104 Å². The molecule has 0 spiro atoms. The molecule has 1 aliphatic carbocycles. The number of nitrogens with one attached hydrogen (secondary N) is 1. The first kappa shape index (κ1) is 33.8. The van der Waals surface area contributed by atoms with E-state index in [2.05, 4.69) is 98.6 Å². The molecular formula is C36H41F3N2O4. The minimum atomic E-state index is -5.08. The largest absolute Gasteiger partial charge is 0.493 e. The third-order valence-electron chi connectivity index (χ3n) is 8.28. The van der Waals surface area contributed by atoms with Gasteiger partial charge in [0, 0.05) is 31.1 Å². The van der Waals surface area contributed by atoms with Gasteiger partial charge >= 0.3 is 12.1 Å². The van der Waals surface area contributed by atoms with Crippen LogP contribution < -0.4 is 10.1 Å². The topological polar surface area (TPSA) is 78.9 Å². The summed E-state index contributed by atoms with van der Waals surface area (Å²) in [5.74, 6) is -1.58. The van der Waals surface area contributed by atoms with E-state index >= 15 is 0 Å². The van der Waals surface area contributed by atoms with E-state index in [-0.39, 0.29) is 5.91 Å². The average molecular weight is 623 g/mol. The molecule has 240 valence electrons. The van der Waals surface area contributed by atoms with E-state index in [4.69, 9.17) is 14.6 Å². The highest BCUT2D eigenvalue weighted by Gasteiger charge is 2.38. The van der Waals surface area contributed by atoms with E-state index in [0.717, 1.165) is 49.1 Å². The number of amides is 1. The molecular weight excluding hydrogens is 581 g/mol. The number of ether oxygens (including phenoxy) is 1. The van der Waals surface area contributed by atoms with Gasteiger partial charge in [-0.25, -0.2) is 4.79 Å². The van der Waals surface area contributed by atoms with Gasteiger partial charge < -0.3 is 20.1 Å². The van der Waals surface area contributed by atoms with Crippen LogP contribution in [0.5, 0.6) is 5.75 Å². The van der Waals surface area contributed by atoms with Gasteiger partial charge in [-0.1, -0.05) is 54.6 Å². The standard InChI is InChI=1S/C34H40N2O2.C2HF3O2/c1-23-19-25(3)26(4)33(20-23)38-18-16-27-9-11-28(12-10-27)31-15-17-35-21-32(31)34(37)36(30-13-14-30)22-29-8-6-5-7-24(29)2;3-2(4,5)1(6)7/h5-12,19-20,30,35H,13-18,21-22H2,1-4H3;(H,6,7). The Bertz CT molecular complexity index is 1540. The van der Waals surface area contributed by atoms with E-state index in [1.807, 2.05) is 0 Å². The zero-order chi connectivity index (χ0) is 32.7. The average Bonchev–Trinajstić information content (AvgIpc) is 3.84. The predicted octanol–water partition coefficient (Wildman–Crippen LogP) is 7.11. The first-order valence-corrected chi connectivity index (χ1v) is 15.2. The van der Waals surface area contributed by atoms with Crippen LogP contribution in [0.1, 0.15) is 58.2 Å². The summed E-state index contributed by atoms with van der Waals surface area (Å²) >= 11 is 0. The number of benzene rings is 3. The molecule has 1 fully saturated rings. The van der Waals surface area contributed by atoms with Crippen LogP contribution in [0, 0.1) is 27.7 Å². The molecule has 0 atom stereocenters. The Kier molecular flexibility index (Phi) is 11.1. The van der Waals surface area contributed by atoms with Gasteiger partial charge in [-0.15, -0.1) is 0 Å². The number of aliphatic carboxylic acids is 1. The lowest BCUT2D eigenvalue weighted by atomic mass is 9.92. The van der Waals surface area contributed by atoms with Crippen molar-refractivity contribution >= 4 is 17.4 Å². The van der Waals surface area contributed by atoms with Gasteiger partial charge in [0.15, 0.2) is 0 Å². The second-order valence-electron chi connectivity index (χ2n) is 11.8. The second-order valence-corrected chi connectivity index (χ2v) is 11.8. The SMILES string of the molecule is Cc1cc(C)c(C)c(OCCc2ccc(C3=C(C(=O)N(Cc4ccccc4C)C4CC4)CNCC3)cc2)c1.O=C(O)C(F)(F)F. The predicted molar refractivity (Wildman–Crippen MR) is 169 cm³/mol. The van der Waals surface area contributed by atoms with Gasteiger partial charge in [-0.3, -0.25) is 4.79 Å². The number of halogens is 3. The summed E-state index contributed by atoms with van der Waals surface area (Å²) in [5, 5.41) is 10.6. The lowest BCUT2D eigenvalue weighted by molar-refractivity contribution is -0.192. The number of hydrogen-bond acceptors (Lipinski definition) is 4. The van der Waals surface area contributed by atoms with E-state index < -0.39 is 12.1 Å². The number of carbonyl (C=O) groups excluding carboxylic acids is 1. The number of rotatable bonds is 9. The number of nitrogens with zero attached hydrogens (tertiary/aromatic N) is 1. The van der Waals surface area contributed by atoms with Gasteiger partial charge in [0.1, 0.15) is 5.75 Å². The molecule has 3 aromatic rings. The van der Waals surface area contributed by atoms with Crippen LogP contribution in [0.4, 0.5) is 13.2 Å². The molecule has 1 amide bonds. The van der Waals surface area contributed by atoms with Crippen molar-refractivity contribution < 1.29 is 32.6 Å². The molecule has 0 aromatic heterocycles. The summed E-state index contributed by atoms with van der Waals surface area (Å²) < 4.78 is 37.9. The molecule has 1 aliphatic heterocycles. The summed E-state index contributed by atoms with van der Waals surface area (Å²) in [7, 11) is 0. The van der Waals surface area contributed by atoms with Crippen LogP contribution in [-0.4, -0.2) is 53.8 Å². The molecule has 0 bridgehead atoms. The second kappa shape index (κ2) is 14.8. The number of carboxylic acids is 1. The van der Waals surface area contributed by atoms with Crippen LogP contribution in [0.15, 0.2) is 66.2 Å². The Morgan fingerprint density at radius 3 is 2.27 bits per heavy atom. The van der Waals surface area contributed by atoms with Crippen LogP contribution in [0.3, 0.4) is 0 Å². The Hall–Kier alpha value is -4.11. The molecule has 0 radical (unpaired) electrons. The molecule has 3 aromatic carbocycles. The maximum Gasteiger partial charge on any atom is 0.490 e. The Morgan fingerprint density at radius 2 is 1.64 bits per heavy atom. The van der Waals surface area contributed by atoms with Crippen LogP contribution >= 0.6 is 0 Å². The van der Waals surface area contributed by atoms with Crippen molar-refractivity contribution in [2.24, 2.45) is 0 Å². The Morgan fingerprint density at radius 1 is 0.978 bits per heavy atom. The zero-order valence-corrected chi connectivity index (χ0v) is 26.3. The van der Waals surface area contributed by atoms with Crippen molar-refractivity contribution in [2.45, 2.75) is 72.1 Å². The third kappa shape index (κ3) is 9.20. The highest BCUT2D eigenvalue weighted by atomic mass is 19.4. The number of carbonyl (C=O) groups is 2. The lowest BCUT2D eigenvalue weighted by Gasteiger charge is -2.29. The fraction of sp³-hybridized carbons (Fsp3) is 0.389. The van der Waals surface area contributed by atoms with Crippen LogP contribution in [-0.2, 0) is 22.6 Å². The van der Waals surface area contributed by atoms with Gasteiger partial charge in [-0.2, -0.15) is 13.2 Å². The highest BCUT2D eigenvalue weighted by Crippen LogP contribution is 2.33. The first-order valence-electron chi connectivity index (χ1n) is 15.2. The van der Waals surface area contributed by atoms with Crippen molar-refractivity contribution in [2.75, 3.05) is 19.7 Å². The minimum absolute atomic E-state index is 0.194. The number of aryl methyl sites for hydroxylation is 3. The molecule has 2 N–H and O–H groups in total. The summed E-state index contributed by atoms with van der Waals surface area (Å²) in [6, 6.07) is 21.9. The first-order chi connectivity index (χ1) is 21.3. The fourth-order valence-corrected chi connectivity index (χ4v) is 5.41. The normalized spacial score (nSPS) is 14.8. The summed E-state index contributed by atoms with van der Waals surface area (Å²) in [5.41, 5.74) is 10.7. The summed E-state index contributed by atoms with van der Waals surface area (Å²) in [4.78, 5) is 24.9. The van der Waals surface area contributed by atoms with Crippen molar-refractivity contribution in [3.05, 3.63) is 105 Å². The third-order valence-corrected chi connectivity index (χ3v) is 8.28. The smallest absolute Gasteiger partial charge is 0.490 e. The molecule has 0 unspecified atom stereocenters. The molecule has 6 nitrogen and oxygen atoms in total. The molecule has 0 saturated heterocycles. The maximum atomic E-state index is 13.9. The van der Waals surface area contributed by atoms with E-state index in [9.17, 15) is 18.0 Å². The molecule has 5 rings (SSSR count). The van der Waals surface area contributed by atoms with Crippen LogP contribution in [0.25, 0.3) is 5.57 Å². The monoisotopic (exact) mass is 622 g/mol. The quantitative estimate of drug-likeness (QED) is 0.266. The number of hydrogen-bond donors (Lipinski definition) is 2. The molecule has 9 heteroatoms. The van der Waals surface area contributed by atoms with E-state index in [0.29, 0.717) is 25.7 Å². The van der Waals surface area contributed by atoms with Gasteiger partial charge in [0.05, 0.1) is 6.61 Å². The van der Waals surface area contributed by atoms with Crippen LogP contribution in [0.2, 0.25) is 0 Å². The summed E-state index contributed by atoms with van der Waals surface area (Å²) in [6.07, 6.45) is -1.15. The van der Waals surface area contributed by atoms with Crippen molar-refractivity contribution in [1.82, 2.24) is 10.2 Å². The van der Waals surface area contributed by atoms with Crippen molar-refractivity contribution in [3.8, 4) is 5.75 Å². The maximum absolute atomic E-state index is 13.9. The zero-order valence-electron chi connectivity index (χ0n) is 26.3. The van der Waals surface area contributed by atoms with Crippen molar-refractivity contribution in [1.29, 1.82) is 0 Å². The fourth-order valence-electron chi connectivity index (χ4n) is 5.41. The van der Waals surface area contributed by atoms with Gasteiger partial charge in [0.25, 0.3) is 5.91 Å². The highest BCUT2D eigenvalue weighted by molar-refractivity contribution is 6.02. The van der Waals surface area contributed by atoms with Crippen molar-refractivity contribution in [3.63, 3.8) is 0 Å². The molecule has 45 heavy (non-hydrogen) atoms.